The van der Waals surface area contributed by atoms with Crippen LogP contribution in [0, 0.1) is 5.92 Å². The average Bonchev–Trinajstić information content (AvgIpc) is 2.93. The zero-order chi connectivity index (χ0) is 23.0. The van der Waals surface area contributed by atoms with Crippen LogP contribution >= 0.6 is 0 Å². The van der Waals surface area contributed by atoms with Crippen LogP contribution in [-0.2, 0) is 29.6 Å². The van der Waals surface area contributed by atoms with Gasteiger partial charge >= 0.3 is 5.97 Å². The van der Waals surface area contributed by atoms with Gasteiger partial charge in [-0.2, -0.15) is 0 Å². The number of anilines is 2. The molecule has 1 aliphatic heterocycles. The molecule has 0 radical (unpaired) electrons. The number of hydrogen-bond acceptors (Lipinski definition) is 8. The molecule has 1 atom stereocenters. The molecule has 0 aliphatic carbocycles. The molecule has 0 unspecified atom stereocenters. The molecule has 0 spiro atoms. The summed E-state index contributed by atoms with van der Waals surface area (Å²) >= 11 is 0. The summed E-state index contributed by atoms with van der Waals surface area (Å²) in [5.74, 6) is -2.35. The average molecular weight is 469 g/mol. The first kappa shape index (κ1) is 22.6. The number of sulfonamides is 2. The molecule has 31 heavy (non-hydrogen) atoms. The molecule has 0 aromatic heterocycles. The molecule has 0 saturated carbocycles. The summed E-state index contributed by atoms with van der Waals surface area (Å²) in [6.45, 7) is 1.49. The van der Waals surface area contributed by atoms with Gasteiger partial charge in [-0.25, -0.2) is 25.9 Å². The first-order valence-electron chi connectivity index (χ1n) is 8.96. The number of esters is 1. The fourth-order valence-corrected chi connectivity index (χ4v) is 6.15. The molecule has 2 aromatic rings. The van der Waals surface area contributed by atoms with Crippen molar-refractivity contribution in [1.82, 2.24) is 0 Å². The van der Waals surface area contributed by atoms with Crippen molar-refractivity contribution in [2.45, 2.75) is 11.8 Å². The van der Waals surface area contributed by atoms with Gasteiger partial charge in [-0.05, 0) is 42.5 Å². The third-order valence-corrected chi connectivity index (χ3v) is 7.86. The van der Waals surface area contributed by atoms with Gasteiger partial charge in [0.2, 0.25) is 15.9 Å². The van der Waals surface area contributed by atoms with E-state index in [1.165, 1.54) is 57.5 Å². The van der Waals surface area contributed by atoms with E-state index in [9.17, 15) is 26.4 Å². The van der Waals surface area contributed by atoms with Crippen molar-refractivity contribution in [2.24, 2.45) is 5.92 Å². The highest BCUT2D eigenvalue weighted by Crippen LogP contribution is 2.34. The van der Waals surface area contributed by atoms with Crippen LogP contribution < -0.4 is 13.8 Å². The molecular weight excluding hydrogens is 448 g/mol. The van der Waals surface area contributed by atoms with Gasteiger partial charge in [-0.3, -0.25) is 9.52 Å². The molecule has 10 nitrogen and oxygen atoms in total. The molecule has 1 fully saturated rings. The number of nitrogens with one attached hydrogen (secondary N) is 1. The second kappa shape index (κ2) is 8.19. The molecule has 1 saturated heterocycles. The molecule has 2 aromatic carbocycles. The SMILES string of the molecule is COC(=O)c1ccc(NS(=O)(=O)c2cc(N3C(=O)[C@H](C)CS3(=O)=O)ccc2OC)cc1. The highest BCUT2D eigenvalue weighted by Gasteiger charge is 2.42. The van der Waals surface area contributed by atoms with Crippen LogP contribution in [0.1, 0.15) is 17.3 Å². The van der Waals surface area contributed by atoms with Crippen LogP contribution in [0.5, 0.6) is 5.75 Å². The lowest BCUT2D eigenvalue weighted by atomic mass is 10.2. The molecule has 1 N–H and O–H groups in total. The van der Waals surface area contributed by atoms with Gasteiger partial charge in [-0.1, -0.05) is 6.92 Å². The number of amides is 1. The van der Waals surface area contributed by atoms with Crippen molar-refractivity contribution >= 4 is 43.3 Å². The number of nitrogens with zero attached hydrogens (tertiary/aromatic N) is 1. The van der Waals surface area contributed by atoms with Crippen LogP contribution in [0.15, 0.2) is 47.4 Å². The Kier molecular flexibility index (Phi) is 5.96. The Labute approximate surface area is 179 Å². The van der Waals surface area contributed by atoms with Crippen LogP contribution in [0.3, 0.4) is 0 Å². The van der Waals surface area contributed by atoms with Crippen molar-refractivity contribution in [2.75, 3.05) is 29.0 Å². The lowest BCUT2D eigenvalue weighted by Gasteiger charge is -2.18. The Morgan fingerprint density at radius 3 is 2.29 bits per heavy atom. The summed E-state index contributed by atoms with van der Waals surface area (Å²) in [6.07, 6.45) is 0. The van der Waals surface area contributed by atoms with Crippen LogP contribution in [-0.4, -0.2) is 48.7 Å². The standard InChI is InChI=1S/C19H20N2O8S2/c1-12-11-30(24,25)21(18(12)22)15-8-9-16(28-2)17(10-15)31(26,27)20-14-6-4-13(5-7-14)19(23)29-3/h4-10,12,20H,11H2,1-3H3/t12-/m1/s1. The van der Waals surface area contributed by atoms with Gasteiger partial charge in [0.1, 0.15) is 10.6 Å². The lowest BCUT2D eigenvalue weighted by molar-refractivity contribution is -0.119. The first-order chi connectivity index (χ1) is 14.5. The Morgan fingerprint density at radius 2 is 1.77 bits per heavy atom. The van der Waals surface area contributed by atoms with Gasteiger partial charge in [0.25, 0.3) is 10.0 Å². The molecular formula is C19H20N2O8S2. The number of carbonyl (C=O) groups is 2. The van der Waals surface area contributed by atoms with Gasteiger partial charge in [-0.15, -0.1) is 0 Å². The van der Waals surface area contributed by atoms with Crippen molar-refractivity contribution < 1.29 is 35.9 Å². The molecule has 3 rings (SSSR count). The minimum Gasteiger partial charge on any atom is -0.495 e. The topological polar surface area (TPSA) is 136 Å². The van der Waals surface area contributed by atoms with Crippen molar-refractivity contribution in [3.8, 4) is 5.75 Å². The van der Waals surface area contributed by atoms with E-state index in [0.717, 1.165) is 6.07 Å². The fourth-order valence-electron chi connectivity index (χ4n) is 3.09. The summed E-state index contributed by atoms with van der Waals surface area (Å²) in [5.41, 5.74) is 0.284. The molecule has 12 heteroatoms. The minimum absolute atomic E-state index is 0.0421. The molecule has 1 aliphatic rings. The Morgan fingerprint density at radius 1 is 1.13 bits per heavy atom. The highest BCUT2D eigenvalue weighted by molar-refractivity contribution is 7.94. The Hall–Kier alpha value is -3.12. The van der Waals surface area contributed by atoms with Crippen molar-refractivity contribution in [3.63, 3.8) is 0 Å². The summed E-state index contributed by atoms with van der Waals surface area (Å²) < 4.78 is 63.4. The van der Waals surface area contributed by atoms with Gasteiger partial charge in [0.15, 0.2) is 0 Å². The quantitative estimate of drug-likeness (QED) is 0.631. The molecule has 166 valence electrons. The van der Waals surface area contributed by atoms with Gasteiger partial charge in [0.05, 0.1) is 37.1 Å². The normalized spacial score (nSPS) is 18.0. The number of methoxy groups -OCH3 is 2. The van der Waals surface area contributed by atoms with Crippen molar-refractivity contribution in [1.29, 1.82) is 0 Å². The second-order valence-corrected chi connectivity index (χ2v) is 10.3. The molecule has 0 bridgehead atoms. The Balaban J connectivity index is 2.00. The van der Waals surface area contributed by atoms with Gasteiger partial charge < -0.3 is 9.47 Å². The smallest absolute Gasteiger partial charge is 0.337 e. The summed E-state index contributed by atoms with van der Waals surface area (Å²) in [6, 6.07) is 9.15. The minimum atomic E-state index is -4.24. The van der Waals surface area contributed by atoms with E-state index < -0.39 is 37.8 Å². The lowest BCUT2D eigenvalue weighted by Crippen LogP contribution is -2.30. The van der Waals surface area contributed by atoms with Crippen LogP contribution in [0.4, 0.5) is 11.4 Å². The maximum Gasteiger partial charge on any atom is 0.337 e. The predicted molar refractivity (Wildman–Crippen MR) is 112 cm³/mol. The second-order valence-electron chi connectivity index (χ2n) is 6.79. The monoisotopic (exact) mass is 468 g/mol. The highest BCUT2D eigenvalue weighted by atomic mass is 32.2. The zero-order valence-corrected chi connectivity index (χ0v) is 18.5. The maximum absolute atomic E-state index is 13.0. The summed E-state index contributed by atoms with van der Waals surface area (Å²) in [7, 11) is -5.66. The largest absolute Gasteiger partial charge is 0.495 e. The Bertz CT molecular complexity index is 1240. The third-order valence-electron chi connectivity index (χ3n) is 4.59. The van der Waals surface area contributed by atoms with E-state index in [1.807, 2.05) is 0 Å². The van der Waals surface area contributed by atoms with Gasteiger partial charge in [0, 0.05) is 5.69 Å². The predicted octanol–water partition coefficient (Wildman–Crippen LogP) is 1.60. The first-order valence-corrected chi connectivity index (χ1v) is 12.1. The molecule has 1 amide bonds. The number of benzene rings is 2. The number of rotatable bonds is 6. The number of carbonyl (C=O) groups excluding carboxylic acids is 2. The maximum atomic E-state index is 13.0. The van der Waals surface area contributed by atoms with E-state index in [0.29, 0.717) is 4.31 Å². The van der Waals surface area contributed by atoms with E-state index in [4.69, 9.17) is 4.74 Å². The number of hydrogen-bond donors (Lipinski definition) is 1. The fraction of sp³-hybridized carbons (Fsp3) is 0.263. The molecule has 1 heterocycles. The zero-order valence-electron chi connectivity index (χ0n) is 16.9. The van der Waals surface area contributed by atoms with E-state index >= 15 is 0 Å². The van der Waals surface area contributed by atoms with Crippen LogP contribution in [0.25, 0.3) is 0 Å². The summed E-state index contributed by atoms with van der Waals surface area (Å²) in [5, 5.41) is 0. The van der Waals surface area contributed by atoms with Crippen LogP contribution in [0.2, 0.25) is 0 Å². The van der Waals surface area contributed by atoms with E-state index in [-0.39, 0.29) is 33.3 Å². The van der Waals surface area contributed by atoms with Crippen molar-refractivity contribution in [3.05, 3.63) is 48.0 Å². The summed E-state index contributed by atoms with van der Waals surface area (Å²) in [4.78, 5) is 23.5. The van der Waals surface area contributed by atoms with E-state index in [2.05, 4.69) is 9.46 Å². The number of ether oxygens (including phenoxy) is 2. The van der Waals surface area contributed by atoms with E-state index in [1.54, 1.807) is 0 Å². The third kappa shape index (κ3) is 4.35.